The zero-order chi connectivity index (χ0) is 16.3. The number of likely N-dealkylation sites (N-methyl/N-ethyl adjacent to an activating group) is 1. The molecule has 1 aromatic rings. The van der Waals surface area contributed by atoms with E-state index in [1.54, 1.807) is 7.05 Å². The van der Waals surface area contributed by atoms with Gasteiger partial charge in [-0.15, -0.1) is 0 Å². The number of aliphatic hydroxyl groups is 1. The topological polar surface area (TPSA) is 80.5 Å². The van der Waals surface area contributed by atoms with Crippen LogP contribution in [0.3, 0.4) is 0 Å². The van der Waals surface area contributed by atoms with E-state index in [0.717, 1.165) is 23.4 Å². The summed E-state index contributed by atoms with van der Waals surface area (Å²) in [6.07, 6.45) is 0.664. The van der Waals surface area contributed by atoms with E-state index in [2.05, 4.69) is 24.9 Å². The standard InChI is InChI=1S/C15H20N4O2S/c1-14(2)5-9-11(15(3,7-14)8-16)22-12(17-9)19-10(20)6-18(4)13(19)21/h10,20H,5-7H2,1-4H3. The second kappa shape index (κ2) is 4.67. The van der Waals surface area contributed by atoms with Crippen LogP contribution in [0.1, 0.15) is 37.8 Å². The number of anilines is 1. The van der Waals surface area contributed by atoms with Crippen molar-refractivity contribution in [3.8, 4) is 6.07 Å². The Morgan fingerprint density at radius 1 is 1.45 bits per heavy atom. The van der Waals surface area contributed by atoms with Crippen LogP contribution in [0.2, 0.25) is 0 Å². The van der Waals surface area contributed by atoms with Crippen molar-refractivity contribution >= 4 is 22.5 Å². The molecule has 1 N–H and O–H groups in total. The number of fused-ring (bicyclic) bond motifs is 1. The van der Waals surface area contributed by atoms with Gasteiger partial charge >= 0.3 is 6.03 Å². The molecule has 0 radical (unpaired) electrons. The first-order chi connectivity index (χ1) is 10.2. The molecule has 7 heteroatoms. The predicted octanol–water partition coefficient (Wildman–Crippen LogP) is 2.09. The van der Waals surface area contributed by atoms with Crippen LogP contribution in [-0.4, -0.2) is 40.8 Å². The van der Waals surface area contributed by atoms with Crippen LogP contribution in [0.5, 0.6) is 0 Å². The summed E-state index contributed by atoms with van der Waals surface area (Å²) in [6.45, 7) is 6.47. The Morgan fingerprint density at radius 2 is 2.14 bits per heavy atom. The Hall–Kier alpha value is -1.65. The SMILES string of the molecule is CN1CC(O)N(c2nc3c(s2)C(C)(C#N)CC(C)(C)C3)C1=O. The molecule has 1 aliphatic carbocycles. The van der Waals surface area contributed by atoms with Gasteiger partial charge in [-0.1, -0.05) is 25.2 Å². The van der Waals surface area contributed by atoms with Crippen molar-refractivity contribution in [1.29, 1.82) is 5.26 Å². The highest BCUT2D eigenvalue weighted by molar-refractivity contribution is 7.16. The van der Waals surface area contributed by atoms with Gasteiger partial charge in [-0.3, -0.25) is 0 Å². The van der Waals surface area contributed by atoms with Crippen LogP contribution < -0.4 is 4.90 Å². The molecule has 118 valence electrons. The van der Waals surface area contributed by atoms with Gasteiger partial charge in [0.05, 0.1) is 23.7 Å². The lowest BCUT2D eigenvalue weighted by Gasteiger charge is -2.37. The summed E-state index contributed by atoms with van der Waals surface area (Å²) < 4.78 is 0. The van der Waals surface area contributed by atoms with E-state index in [1.165, 1.54) is 21.1 Å². The first-order valence-electron chi connectivity index (χ1n) is 7.31. The van der Waals surface area contributed by atoms with Crippen LogP contribution in [0.15, 0.2) is 0 Å². The summed E-state index contributed by atoms with van der Waals surface area (Å²) in [4.78, 5) is 20.5. The second-order valence-electron chi connectivity index (χ2n) is 7.25. The van der Waals surface area contributed by atoms with Gasteiger partial charge in [-0.25, -0.2) is 14.7 Å². The van der Waals surface area contributed by atoms with Crippen molar-refractivity contribution < 1.29 is 9.90 Å². The molecule has 22 heavy (non-hydrogen) atoms. The van der Waals surface area contributed by atoms with Gasteiger partial charge in [0, 0.05) is 11.9 Å². The van der Waals surface area contributed by atoms with E-state index in [1.807, 2.05) is 6.92 Å². The van der Waals surface area contributed by atoms with Crippen molar-refractivity contribution in [2.75, 3.05) is 18.5 Å². The largest absolute Gasteiger partial charge is 0.371 e. The molecule has 0 saturated carbocycles. The average Bonchev–Trinajstić information content (AvgIpc) is 2.90. The molecule has 2 unspecified atom stereocenters. The number of rotatable bonds is 1. The Morgan fingerprint density at radius 3 is 2.68 bits per heavy atom. The maximum absolute atomic E-state index is 12.2. The third-order valence-corrected chi connectivity index (χ3v) is 5.75. The summed E-state index contributed by atoms with van der Waals surface area (Å²) >= 11 is 1.36. The number of nitriles is 1. The smallest absolute Gasteiger partial charge is 0.328 e. The molecule has 0 bridgehead atoms. The summed E-state index contributed by atoms with van der Waals surface area (Å²) in [5.74, 6) is 0. The van der Waals surface area contributed by atoms with Crippen molar-refractivity contribution in [2.24, 2.45) is 5.41 Å². The number of aliphatic hydroxyl groups excluding tert-OH is 1. The van der Waals surface area contributed by atoms with Gasteiger partial charge in [0.1, 0.15) is 0 Å². The molecule has 3 rings (SSSR count). The van der Waals surface area contributed by atoms with E-state index in [4.69, 9.17) is 0 Å². The number of hydrogen-bond donors (Lipinski definition) is 1. The van der Waals surface area contributed by atoms with E-state index in [9.17, 15) is 15.2 Å². The molecule has 1 fully saturated rings. The molecular weight excluding hydrogens is 300 g/mol. The highest BCUT2D eigenvalue weighted by Crippen LogP contribution is 2.49. The molecule has 0 aromatic carbocycles. The summed E-state index contributed by atoms with van der Waals surface area (Å²) in [5.41, 5.74) is 0.287. The summed E-state index contributed by atoms with van der Waals surface area (Å²) in [5, 5.41) is 20.2. The van der Waals surface area contributed by atoms with Crippen LogP contribution in [-0.2, 0) is 11.8 Å². The number of thiazole rings is 1. The van der Waals surface area contributed by atoms with Gasteiger partial charge in [-0.2, -0.15) is 5.26 Å². The fourth-order valence-electron chi connectivity index (χ4n) is 3.56. The normalized spacial score (nSPS) is 30.4. The molecule has 1 aromatic heterocycles. The van der Waals surface area contributed by atoms with Crippen molar-refractivity contribution in [1.82, 2.24) is 9.88 Å². The Kier molecular flexibility index (Phi) is 3.24. The summed E-state index contributed by atoms with van der Waals surface area (Å²) in [7, 11) is 1.65. The van der Waals surface area contributed by atoms with Gasteiger partial charge in [0.2, 0.25) is 0 Å². The van der Waals surface area contributed by atoms with Crippen molar-refractivity contribution in [3.63, 3.8) is 0 Å². The number of urea groups is 1. The third-order valence-electron chi connectivity index (χ3n) is 4.39. The van der Waals surface area contributed by atoms with E-state index in [-0.39, 0.29) is 18.0 Å². The van der Waals surface area contributed by atoms with E-state index < -0.39 is 11.6 Å². The van der Waals surface area contributed by atoms with E-state index in [0.29, 0.717) is 5.13 Å². The minimum atomic E-state index is -0.883. The molecule has 1 saturated heterocycles. The number of nitrogens with zero attached hydrogens (tertiary/aromatic N) is 4. The lowest BCUT2D eigenvalue weighted by Crippen LogP contribution is -2.35. The lowest BCUT2D eigenvalue weighted by atomic mass is 9.67. The van der Waals surface area contributed by atoms with E-state index >= 15 is 0 Å². The molecule has 2 atom stereocenters. The zero-order valence-electron chi connectivity index (χ0n) is 13.3. The van der Waals surface area contributed by atoms with Gasteiger partial charge < -0.3 is 10.0 Å². The van der Waals surface area contributed by atoms with Crippen LogP contribution in [0.4, 0.5) is 9.93 Å². The average molecular weight is 320 g/mol. The predicted molar refractivity (Wildman–Crippen MR) is 83.7 cm³/mol. The summed E-state index contributed by atoms with van der Waals surface area (Å²) in [6, 6.07) is 2.17. The molecular formula is C15H20N4O2S. The highest BCUT2D eigenvalue weighted by Gasteiger charge is 2.45. The van der Waals surface area contributed by atoms with Crippen molar-refractivity contribution in [3.05, 3.63) is 10.6 Å². The number of aromatic nitrogens is 1. The molecule has 0 spiro atoms. The van der Waals surface area contributed by atoms with Crippen LogP contribution in [0.25, 0.3) is 0 Å². The van der Waals surface area contributed by atoms with Gasteiger partial charge in [0.25, 0.3) is 0 Å². The molecule has 2 amide bonds. The highest BCUT2D eigenvalue weighted by atomic mass is 32.1. The fraction of sp³-hybridized carbons (Fsp3) is 0.667. The minimum Gasteiger partial charge on any atom is -0.371 e. The number of β-amino-alcohol motifs (C(OH)–C–C–N with tert-alkyl or cyclic N) is 1. The maximum atomic E-state index is 12.2. The third kappa shape index (κ3) is 2.18. The molecule has 2 aliphatic rings. The first kappa shape index (κ1) is 15.3. The number of amides is 2. The monoisotopic (exact) mass is 320 g/mol. The maximum Gasteiger partial charge on any atom is 0.328 e. The van der Waals surface area contributed by atoms with Gasteiger partial charge in [0.15, 0.2) is 11.4 Å². The quantitative estimate of drug-likeness (QED) is 0.859. The molecule has 2 heterocycles. The first-order valence-corrected chi connectivity index (χ1v) is 8.12. The van der Waals surface area contributed by atoms with Crippen LogP contribution in [0, 0.1) is 16.7 Å². The molecule has 6 nitrogen and oxygen atoms in total. The van der Waals surface area contributed by atoms with Crippen molar-refractivity contribution in [2.45, 2.75) is 45.3 Å². The Balaban J connectivity index is 2.06. The second-order valence-corrected chi connectivity index (χ2v) is 8.23. The number of carbonyl (C=O) groups is 1. The van der Waals surface area contributed by atoms with Gasteiger partial charge in [-0.05, 0) is 25.2 Å². The minimum absolute atomic E-state index is 0.00670. The fourth-order valence-corrected chi connectivity index (χ4v) is 4.78. The Labute approximate surface area is 134 Å². The zero-order valence-corrected chi connectivity index (χ0v) is 14.1. The number of hydrogen-bond acceptors (Lipinski definition) is 5. The Bertz CT molecular complexity index is 678. The van der Waals surface area contributed by atoms with Crippen LogP contribution >= 0.6 is 11.3 Å². The number of carbonyl (C=O) groups excluding carboxylic acids is 1. The molecule has 1 aliphatic heterocycles. The lowest BCUT2D eigenvalue weighted by molar-refractivity contribution is 0.183.